The van der Waals surface area contributed by atoms with Crippen LogP contribution < -0.4 is 4.74 Å². The third kappa shape index (κ3) is 4.99. The second kappa shape index (κ2) is 11.0. The van der Waals surface area contributed by atoms with Crippen molar-refractivity contribution >= 4 is 23.1 Å². The van der Waals surface area contributed by atoms with Crippen LogP contribution in [0.3, 0.4) is 0 Å². The number of aromatic nitrogens is 2. The number of aryl methyl sites for hydroxylation is 1. The highest BCUT2D eigenvalue weighted by molar-refractivity contribution is 6.46. The average molecular weight is 491 g/mol. The lowest BCUT2D eigenvalue weighted by atomic mass is 9.96. The molecule has 1 aliphatic heterocycles. The lowest BCUT2D eigenvalue weighted by Crippen LogP contribution is -2.35. The fourth-order valence-corrected chi connectivity index (χ4v) is 4.58. The first-order valence-corrected chi connectivity index (χ1v) is 12.4. The number of ether oxygens (including phenoxy) is 1. The average Bonchev–Trinajstić information content (AvgIpc) is 3.33. The van der Waals surface area contributed by atoms with Crippen LogP contribution in [0.4, 0.5) is 0 Å². The molecule has 0 spiro atoms. The van der Waals surface area contributed by atoms with Crippen LogP contribution in [-0.2, 0) is 9.59 Å². The summed E-state index contributed by atoms with van der Waals surface area (Å²) in [6.07, 6.45) is 5.01. The lowest BCUT2D eigenvalue weighted by molar-refractivity contribution is -0.140. The molecular weight excluding hydrogens is 456 g/mol. The Labute approximate surface area is 211 Å². The molecule has 36 heavy (non-hydrogen) atoms. The molecule has 1 N–H and O–H groups in total. The number of pyridine rings is 1. The summed E-state index contributed by atoms with van der Waals surface area (Å²) in [6.45, 7) is 5.50. The van der Waals surface area contributed by atoms with Crippen LogP contribution in [0.25, 0.3) is 11.4 Å². The van der Waals surface area contributed by atoms with E-state index in [1.165, 1.54) is 0 Å². The topological polar surface area (TPSA) is 87.4 Å². The first-order valence-electron chi connectivity index (χ1n) is 12.4. The molecule has 0 saturated carbocycles. The molecule has 0 radical (unpaired) electrons. The molecule has 1 fully saturated rings. The maximum Gasteiger partial charge on any atom is 0.295 e. The molecule has 0 bridgehead atoms. The number of nitrogens with zero attached hydrogens (tertiary/aromatic N) is 4. The van der Waals surface area contributed by atoms with Crippen LogP contribution >= 0.6 is 0 Å². The van der Waals surface area contributed by atoms with Crippen molar-refractivity contribution in [3.63, 3.8) is 0 Å². The number of hydrogen-bond donors (Lipinski definition) is 1. The second-order valence-electron chi connectivity index (χ2n) is 9.40. The SMILES string of the molecule is CCCCCOc1ccc(C2/C(=C(\O)c3c(C)nc4ccccn34)C(=O)C(=O)N2CCN(C)C)cc1. The van der Waals surface area contributed by atoms with Gasteiger partial charge in [-0.3, -0.25) is 14.0 Å². The summed E-state index contributed by atoms with van der Waals surface area (Å²) in [5, 5.41) is 11.5. The summed E-state index contributed by atoms with van der Waals surface area (Å²) in [5.41, 5.74) is 2.45. The minimum atomic E-state index is -0.715. The Morgan fingerprint density at radius 3 is 2.56 bits per heavy atom. The fraction of sp³-hybridized carbons (Fsp3) is 0.393. The van der Waals surface area contributed by atoms with Crippen LogP contribution in [0.2, 0.25) is 0 Å². The Morgan fingerprint density at radius 2 is 1.86 bits per heavy atom. The summed E-state index contributed by atoms with van der Waals surface area (Å²) in [6, 6.07) is 12.2. The quantitative estimate of drug-likeness (QED) is 0.198. The van der Waals surface area contributed by atoms with Gasteiger partial charge in [-0.1, -0.05) is 38.0 Å². The van der Waals surface area contributed by atoms with Gasteiger partial charge >= 0.3 is 0 Å². The minimum absolute atomic E-state index is 0.0733. The fourth-order valence-electron chi connectivity index (χ4n) is 4.58. The molecule has 1 unspecified atom stereocenters. The van der Waals surface area contributed by atoms with Crippen LogP contribution in [0.1, 0.15) is 49.2 Å². The zero-order valence-corrected chi connectivity index (χ0v) is 21.4. The molecule has 190 valence electrons. The summed E-state index contributed by atoms with van der Waals surface area (Å²) in [7, 11) is 3.83. The third-order valence-electron chi connectivity index (χ3n) is 6.47. The number of carbonyl (C=O) groups excluding carboxylic acids is 2. The normalized spacial score (nSPS) is 17.5. The largest absolute Gasteiger partial charge is 0.505 e. The highest BCUT2D eigenvalue weighted by Gasteiger charge is 2.46. The number of likely N-dealkylation sites (N-methyl/N-ethyl adjacent to an activating group) is 1. The number of carbonyl (C=O) groups is 2. The van der Waals surface area contributed by atoms with E-state index in [9.17, 15) is 14.7 Å². The highest BCUT2D eigenvalue weighted by Crippen LogP contribution is 2.40. The Morgan fingerprint density at radius 1 is 1.11 bits per heavy atom. The van der Waals surface area contributed by atoms with Gasteiger partial charge in [0.2, 0.25) is 0 Å². The number of likely N-dealkylation sites (tertiary alicyclic amines) is 1. The van der Waals surface area contributed by atoms with Gasteiger partial charge in [-0.2, -0.15) is 0 Å². The number of fused-ring (bicyclic) bond motifs is 1. The lowest BCUT2D eigenvalue weighted by Gasteiger charge is -2.26. The molecule has 2 aromatic heterocycles. The third-order valence-corrected chi connectivity index (χ3v) is 6.47. The van der Waals surface area contributed by atoms with Gasteiger partial charge in [-0.15, -0.1) is 0 Å². The molecule has 4 rings (SSSR count). The molecule has 1 aliphatic rings. The van der Waals surface area contributed by atoms with Crippen molar-refractivity contribution < 1.29 is 19.4 Å². The van der Waals surface area contributed by atoms with Gasteiger partial charge in [0.15, 0.2) is 5.76 Å². The van der Waals surface area contributed by atoms with Crippen molar-refractivity contribution in [2.24, 2.45) is 0 Å². The van der Waals surface area contributed by atoms with E-state index < -0.39 is 17.7 Å². The van der Waals surface area contributed by atoms with Crippen LogP contribution in [0, 0.1) is 6.92 Å². The number of aliphatic hydroxyl groups excluding tert-OH is 1. The molecule has 1 aromatic carbocycles. The van der Waals surface area contributed by atoms with Gasteiger partial charge in [0.25, 0.3) is 11.7 Å². The van der Waals surface area contributed by atoms with Gasteiger partial charge in [0, 0.05) is 19.3 Å². The van der Waals surface area contributed by atoms with E-state index >= 15 is 0 Å². The summed E-state index contributed by atoms with van der Waals surface area (Å²) in [4.78, 5) is 34.5. The van der Waals surface area contributed by atoms with E-state index in [-0.39, 0.29) is 11.3 Å². The van der Waals surface area contributed by atoms with E-state index in [2.05, 4.69) is 11.9 Å². The predicted octanol–water partition coefficient (Wildman–Crippen LogP) is 4.20. The number of imidazole rings is 1. The number of amides is 1. The zero-order valence-electron chi connectivity index (χ0n) is 21.4. The molecule has 1 saturated heterocycles. The maximum atomic E-state index is 13.3. The number of aliphatic hydroxyl groups is 1. The van der Waals surface area contributed by atoms with Gasteiger partial charge < -0.3 is 19.6 Å². The number of unbranched alkanes of at least 4 members (excludes halogenated alkanes) is 2. The van der Waals surface area contributed by atoms with E-state index in [4.69, 9.17) is 4.74 Å². The molecule has 1 amide bonds. The molecule has 0 aliphatic carbocycles. The summed E-state index contributed by atoms with van der Waals surface area (Å²) < 4.78 is 7.58. The van der Waals surface area contributed by atoms with Crippen molar-refractivity contribution in [1.29, 1.82) is 0 Å². The van der Waals surface area contributed by atoms with Crippen molar-refractivity contribution in [2.75, 3.05) is 33.8 Å². The molecular formula is C28H34N4O4. The maximum absolute atomic E-state index is 13.3. The number of Topliss-reactive ketones (excluding diaryl/α,β-unsaturated/α-hetero) is 1. The Bertz CT molecular complexity index is 1280. The van der Waals surface area contributed by atoms with Crippen LogP contribution in [0.5, 0.6) is 5.75 Å². The van der Waals surface area contributed by atoms with Crippen molar-refractivity contribution in [3.05, 3.63) is 71.2 Å². The number of rotatable bonds is 10. The molecule has 8 heteroatoms. The highest BCUT2D eigenvalue weighted by atomic mass is 16.5. The number of hydrogen-bond acceptors (Lipinski definition) is 6. The van der Waals surface area contributed by atoms with Crippen molar-refractivity contribution in [1.82, 2.24) is 19.2 Å². The van der Waals surface area contributed by atoms with E-state index in [0.29, 0.717) is 36.7 Å². The summed E-state index contributed by atoms with van der Waals surface area (Å²) >= 11 is 0. The molecule has 1 atom stereocenters. The van der Waals surface area contributed by atoms with Crippen molar-refractivity contribution in [2.45, 2.75) is 39.2 Å². The minimum Gasteiger partial charge on any atom is -0.505 e. The van der Waals surface area contributed by atoms with Gasteiger partial charge in [-0.25, -0.2) is 4.98 Å². The van der Waals surface area contributed by atoms with E-state index in [1.54, 1.807) is 22.4 Å². The Hall–Kier alpha value is -3.65. The van der Waals surface area contributed by atoms with Gasteiger partial charge in [0.1, 0.15) is 17.1 Å². The van der Waals surface area contributed by atoms with Gasteiger partial charge in [0.05, 0.1) is 23.9 Å². The molecule has 3 aromatic rings. The first kappa shape index (κ1) is 25.4. The zero-order chi connectivity index (χ0) is 25.8. The molecule has 3 heterocycles. The van der Waals surface area contributed by atoms with Crippen LogP contribution in [-0.4, -0.2) is 69.8 Å². The van der Waals surface area contributed by atoms with E-state index in [1.807, 2.05) is 61.5 Å². The number of benzene rings is 1. The Balaban J connectivity index is 1.77. The van der Waals surface area contributed by atoms with Gasteiger partial charge in [-0.05, 0) is 57.3 Å². The number of ketones is 1. The second-order valence-corrected chi connectivity index (χ2v) is 9.40. The van der Waals surface area contributed by atoms with Crippen molar-refractivity contribution in [3.8, 4) is 5.75 Å². The predicted molar refractivity (Wildman–Crippen MR) is 139 cm³/mol. The monoisotopic (exact) mass is 490 g/mol. The first-order chi connectivity index (χ1) is 17.3. The van der Waals surface area contributed by atoms with E-state index in [0.717, 1.165) is 30.6 Å². The van der Waals surface area contributed by atoms with Crippen LogP contribution in [0.15, 0.2) is 54.2 Å². The smallest absolute Gasteiger partial charge is 0.295 e. The standard InChI is InChI=1S/C28H34N4O4/c1-5-6-9-18-36-21-13-11-20(12-14-21)25-23(27(34)28(35)32(25)17-16-30(3)4)26(33)24-19(2)29-22-10-7-8-15-31(22)24/h7-8,10-15,25,33H,5-6,9,16-18H2,1-4H3/b26-23+. The molecule has 8 nitrogen and oxygen atoms in total. The Kier molecular flexibility index (Phi) is 7.74. The summed E-state index contributed by atoms with van der Waals surface area (Å²) in [5.74, 6) is -0.796.